The molecule has 1 fully saturated rings. The van der Waals surface area contributed by atoms with Crippen molar-refractivity contribution in [3.05, 3.63) is 59.7 Å². The molecule has 2 heterocycles. The maximum absolute atomic E-state index is 5.60. The SMILES string of the molecule is c1ccc(CN2CCCC(NCc3cccc4c3OCO4)C2)cc1. The maximum atomic E-state index is 5.60. The van der Waals surface area contributed by atoms with Crippen molar-refractivity contribution in [1.29, 1.82) is 0 Å². The van der Waals surface area contributed by atoms with Crippen molar-refractivity contribution in [2.24, 2.45) is 0 Å². The molecule has 2 aromatic carbocycles. The van der Waals surface area contributed by atoms with E-state index in [2.05, 4.69) is 46.6 Å². The van der Waals surface area contributed by atoms with Crippen molar-refractivity contribution in [2.45, 2.75) is 32.0 Å². The van der Waals surface area contributed by atoms with Crippen LogP contribution in [-0.4, -0.2) is 30.8 Å². The molecule has 0 spiro atoms. The second-order valence-corrected chi connectivity index (χ2v) is 6.59. The highest BCUT2D eigenvalue weighted by atomic mass is 16.7. The van der Waals surface area contributed by atoms with Gasteiger partial charge in [0.05, 0.1) is 0 Å². The first kappa shape index (κ1) is 15.5. The summed E-state index contributed by atoms with van der Waals surface area (Å²) in [6.07, 6.45) is 2.48. The zero-order valence-corrected chi connectivity index (χ0v) is 13.9. The number of ether oxygens (including phenoxy) is 2. The fraction of sp³-hybridized carbons (Fsp3) is 0.400. The lowest BCUT2D eigenvalue weighted by atomic mass is 10.0. The van der Waals surface area contributed by atoms with E-state index in [1.165, 1.54) is 30.5 Å². The van der Waals surface area contributed by atoms with Crippen LogP contribution < -0.4 is 14.8 Å². The lowest BCUT2D eigenvalue weighted by Crippen LogP contribution is -2.45. The van der Waals surface area contributed by atoms with Gasteiger partial charge >= 0.3 is 0 Å². The molecular formula is C20H24N2O2. The van der Waals surface area contributed by atoms with Crippen molar-refractivity contribution >= 4 is 0 Å². The standard InChI is InChI=1S/C20H24N2O2/c1-2-6-16(7-3-1)13-22-11-5-9-18(14-22)21-12-17-8-4-10-19-20(17)24-15-23-19/h1-4,6-8,10,18,21H,5,9,11-15H2. The van der Waals surface area contributed by atoms with Crippen LogP contribution in [0, 0.1) is 0 Å². The fourth-order valence-electron chi connectivity index (χ4n) is 3.59. The minimum atomic E-state index is 0.334. The summed E-state index contributed by atoms with van der Waals surface area (Å²) in [6, 6.07) is 17.4. The third-order valence-corrected chi connectivity index (χ3v) is 4.81. The molecule has 4 nitrogen and oxygen atoms in total. The zero-order chi connectivity index (χ0) is 16.2. The van der Waals surface area contributed by atoms with Gasteiger partial charge < -0.3 is 14.8 Å². The smallest absolute Gasteiger partial charge is 0.231 e. The molecule has 0 bridgehead atoms. The van der Waals surface area contributed by atoms with Crippen LogP contribution in [0.1, 0.15) is 24.0 Å². The number of piperidine rings is 1. The lowest BCUT2D eigenvalue weighted by Gasteiger charge is -2.33. The molecule has 2 aromatic rings. The average molecular weight is 324 g/mol. The van der Waals surface area contributed by atoms with Gasteiger partial charge in [0.1, 0.15) is 0 Å². The van der Waals surface area contributed by atoms with Gasteiger partial charge in [-0.3, -0.25) is 4.90 Å². The molecular weight excluding hydrogens is 300 g/mol. The largest absolute Gasteiger partial charge is 0.454 e. The van der Waals surface area contributed by atoms with E-state index >= 15 is 0 Å². The lowest BCUT2D eigenvalue weighted by molar-refractivity contribution is 0.171. The fourth-order valence-corrected chi connectivity index (χ4v) is 3.59. The highest BCUT2D eigenvalue weighted by Gasteiger charge is 2.21. The summed E-state index contributed by atoms with van der Waals surface area (Å²) in [4.78, 5) is 2.55. The van der Waals surface area contributed by atoms with Crippen LogP contribution in [0.5, 0.6) is 11.5 Å². The third kappa shape index (κ3) is 3.55. The Morgan fingerprint density at radius 2 is 1.96 bits per heavy atom. The molecule has 0 radical (unpaired) electrons. The molecule has 2 aliphatic heterocycles. The Hall–Kier alpha value is -2.04. The number of hydrogen-bond donors (Lipinski definition) is 1. The molecule has 0 aliphatic carbocycles. The van der Waals surface area contributed by atoms with E-state index in [1.54, 1.807) is 0 Å². The Morgan fingerprint density at radius 1 is 1.04 bits per heavy atom. The first-order chi connectivity index (χ1) is 11.9. The molecule has 1 N–H and O–H groups in total. The zero-order valence-electron chi connectivity index (χ0n) is 13.9. The van der Waals surface area contributed by atoms with Crippen LogP contribution in [0.25, 0.3) is 0 Å². The number of fused-ring (bicyclic) bond motifs is 1. The van der Waals surface area contributed by atoms with Gasteiger partial charge in [0.15, 0.2) is 11.5 Å². The monoisotopic (exact) mass is 324 g/mol. The quantitative estimate of drug-likeness (QED) is 0.916. The first-order valence-corrected chi connectivity index (χ1v) is 8.75. The molecule has 1 unspecified atom stereocenters. The van der Waals surface area contributed by atoms with E-state index in [1.807, 2.05) is 12.1 Å². The minimum absolute atomic E-state index is 0.334. The summed E-state index contributed by atoms with van der Waals surface area (Å²) >= 11 is 0. The van der Waals surface area contributed by atoms with Crippen LogP contribution in [0.3, 0.4) is 0 Å². The molecule has 4 rings (SSSR count). The van der Waals surface area contributed by atoms with Gasteiger partial charge in [-0.1, -0.05) is 42.5 Å². The molecule has 0 saturated carbocycles. The van der Waals surface area contributed by atoms with Crippen molar-refractivity contribution < 1.29 is 9.47 Å². The molecule has 0 aromatic heterocycles. The Bertz CT molecular complexity index is 675. The van der Waals surface area contributed by atoms with Gasteiger partial charge in [-0.15, -0.1) is 0 Å². The van der Waals surface area contributed by atoms with Crippen LogP contribution in [-0.2, 0) is 13.1 Å². The number of benzene rings is 2. The Kier molecular flexibility index (Phi) is 4.67. The Balaban J connectivity index is 1.33. The number of hydrogen-bond acceptors (Lipinski definition) is 4. The summed E-state index contributed by atoms with van der Waals surface area (Å²) in [5, 5.41) is 3.71. The molecule has 1 atom stereocenters. The van der Waals surface area contributed by atoms with Gasteiger partial charge in [-0.2, -0.15) is 0 Å². The number of likely N-dealkylation sites (tertiary alicyclic amines) is 1. The number of nitrogens with zero attached hydrogens (tertiary/aromatic N) is 1. The van der Waals surface area contributed by atoms with Crippen LogP contribution in [0.15, 0.2) is 48.5 Å². The number of rotatable bonds is 5. The topological polar surface area (TPSA) is 33.7 Å². The van der Waals surface area contributed by atoms with E-state index in [9.17, 15) is 0 Å². The molecule has 126 valence electrons. The van der Waals surface area contributed by atoms with Crippen LogP contribution >= 0.6 is 0 Å². The molecule has 1 saturated heterocycles. The summed E-state index contributed by atoms with van der Waals surface area (Å²) in [5.41, 5.74) is 2.58. The van der Waals surface area contributed by atoms with Crippen LogP contribution in [0.2, 0.25) is 0 Å². The predicted octanol–water partition coefficient (Wildman–Crippen LogP) is 3.17. The van der Waals surface area contributed by atoms with Crippen LogP contribution in [0.4, 0.5) is 0 Å². The molecule has 2 aliphatic rings. The highest BCUT2D eigenvalue weighted by Crippen LogP contribution is 2.35. The van der Waals surface area contributed by atoms with Gasteiger partial charge in [0.25, 0.3) is 0 Å². The summed E-state index contributed by atoms with van der Waals surface area (Å²) in [6.45, 7) is 4.49. The number of para-hydroxylation sites is 1. The summed E-state index contributed by atoms with van der Waals surface area (Å²) in [7, 11) is 0. The van der Waals surface area contributed by atoms with Gasteiger partial charge in [-0.05, 0) is 31.0 Å². The number of nitrogens with one attached hydrogen (secondary N) is 1. The third-order valence-electron chi connectivity index (χ3n) is 4.81. The first-order valence-electron chi connectivity index (χ1n) is 8.75. The average Bonchev–Trinajstić information content (AvgIpc) is 3.10. The van der Waals surface area contributed by atoms with Gasteiger partial charge in [-0.25, -0.2) is 0 Å². The maximum Gasteiger partial charge on any atom is 0.231 e. The Morgan fingerprint density at radius 3 is 2.88 bits per heavy atom. The minimum Gasteiger partial charge on any atom is -0.454 e. The van der Waals surface area contributed by atoms with Crippen molar-refractivity contribution in [3.8, 4) is 11.5 Å². The molecule has 24 heavy (non-hydrogen) atoms. The van der Waals surface area contributed by atoms with Crippen molar-refractivity contribution in [2.75, 3.05) is 19.9 Å². The predicted molar refractivity (Wildman–Crippen MR) is 94.1 cm³/mol. The van der Waals surface area contributed by atoms with Crippen molar-refractivity contribution in [3.63, 3.8) is 0 Å². The molecule has 4 heteroatoms. The summed E-state index contributed by atoms with van der Waals surface area (Å²) < 4.78 is 11.1. The van der Waals surface area contributed by atoms with Gasteiger partial charge in [0.2, 0.25) is 6.79 Å². The van der Waals surface area contributed by atoms with E-state index in [0.29, 0.717) is 12.8 Å². The molecule has 0 amide bonds. The van der Waals surface area contributed by atoms with E-state index < -0.39 is 0 Å². The Labute approximate surface area is 143 Å². The summed E-state index contributed by atoms with van der Waals surface area (Å²) in [5.74, 6) is 1.77. The highest BCUT2D eigenvalue weighted by molar-refractivity contribution is 5.48. The normalized spacial score (nSPS) is 20.2. The second kappa shape index (κ2) is 7.24. The van der Waals surface area contributed by atoms with E-state index in [0.717, 1.165) is 31.1 Å². The van der Waals surface area contributed by atoms with Gasteiger partial charge in [0, 0.05) is 31.2 Å². The second-order valence-electron chi connectivity index (χ2n) is 6.59. The van der Waals surface area contributed by atoms with Crippen molar-refractivity contribution in [1.82, 2.24) is 10.2 Å². The van der Waals surface area contributed by atoms with E-state index in [-0.39, 0.29) is 0 Å². The van der Waals surface area contributed by atoms with E-state index in [4.69, 9.17) is 9.47 Å².